The van der Waals surface area contributed by atoms with Crippen molar-refractivity contribution >= 4 is 5.96 Å². The van der Waals surface area contributed by atoms with Crippen molar-refractivity contribution in [2.75, 3.05) is 13.1 Å². The number of rotatable bonds is 6. The van der Waals surface area contributed by atoms with Crippen LogP contribution in [-0.2, 0) is 6.54 Å². The lowest BCUT2D eigenvalue weighted by Gasteiger charge is -2.22. The molecule has 0 saturated carbocycles. The van der Waals surface area contributed by atoms with E-state index in [4.69, 9.17) is 16.9 Å². The third kappa shape index (κ3) is 6.91. The van der Waals surface area contributed by atoms with E-state index in [1.807, 2.05) is 49.1 Å². The van der Waals surface area contributed by atoms with Crippen molar-refractivity contribution in [2.24, 2.45) is 11.5 Å². The molecule has 0 atom stereocenters. The molecule has 0 aromatic heterocycles. The zero-order valence-corrected chi connectivity index (χ0v) is 11.5. The van der Waals surface area contributed by atoms with Crippen LogP contribution >= 0.6 is 0 Å². The first-order valence-corrected chi connectivity index (χ1v) is 6.57. The lowest BCUT2D eigenvalue weighted by molar-refractivity contribution is 0.393. The van der Waals surface area contributed by atoms with E-state index < -0.39 is 0 Å². The second-order valence-electron chi connectivity index (χ2n) is 3.79. The van der Waals surface area contributed by atoms with Crippen LogP contribution in [-0.4, -0.2) is 23.9 Å². The predicted octanol–water partition coefficient (Wildman–Crippen LogP) is 2.15. The van der Waals surface area contributed by atoms with Crippen LogP contribution in [0.5, 0.6) is 0 Å². The molecule has 0 aliphatic rings. The van der Waals surface area contributed by atoms with Crippen molar-refractivity contribution in [3.8, 4) is 0 Å². The van der Waals surface area contributed by atoms with Crippen molar-refractivity contribution in [3.63, 3.8) is 0 Å². The van der Waals surface area contributed by atoms with E-state index >= 15 is 0 Å². The van der Waals surface area contributed by atoms with Gasteiger partial charge in [-0.2, -0.15) is 0 Å². The molecule has 0 aliphatic heterocycles. The standard InChI is InChI=1S/C12H20N4.C2H6/c13-8-4-5-9-16(12(14)15)10-11-6-2-1-3-7-11;1-2/h1-3,6-7H,4-5,8-10,13H2,(H3,14,15);1-2H3. The van der Waals surface area contributed by atoms with Gasteiger partial charge in [-0.25, -0.2) is 0 Å². The molecule has 5 N–H and O–H groups in total. The van der Waals surface area contributed by atoms with Crippen LogP contribution < -0.4 is 11.5 Å². The van der Waals surface area contributed by atoms with Crippen molar-refractivity contribution in [1.29, 1.82) is 5.41 Å². The highest BCUT2D eigenvalue weighted by Gasteiger charge is 2.06. The number of nitrogens with zero attached hydrogens (tertiary/aromatic N) is 1. The Morgan fingerprint density at radius 1 is 1.17 bits per heavy atom. The summed E-state index contributed by atoms with van der Waals surface area (Å²) in [5.41, 5.74) is 12.2. The largest absolute Gasteiger partial charge is 0.370 e. The molecule has 1 aromatic carbocycles. The Morgan fingerprint density at radius 3 is 2.28 bits per heavy atom. The summed E-state index contributed by atoms with van der Waals surface area (Å²) in [5.74, 6) is 0.126. The van der Waals surface area contributed by atoms with E-state index in [2.05, 4.69) is 0 Å². The zero-order valence-electron chi connectivity index (χ0n) is 11.5. The summed E-state index contributed by atoms with van der Waals surface area (Å²) in [5, 5.41) is 7.51. The average Bonchev–Trinajstić information content (AvgIpc) is 2.41. The minimum absolute atomic E-state index is 0.126. The summed E-state index contributed by atoms with van der Waals surface area (Å²) in [6.07, 6.45) is 1.95. The van der Waals surface area contributed by atoms with Crippen molar-refractivity contribution < 1.29 is 0 Å². The van der Waals surface area contributed by atoms with Crippen LogP contribution in [0.3, 0.4) is 0 Å². The van der Waals surface area contributed by atoms with Crippen LogP contribution in [0.15, 0.2) is 30.3 Å². The van der Waals surface area contributed by atoms with E-state index in [-0.39, 0.29) is 5.96 Å². The molecular formula is C14H26N4. The minimum atomic E-state index is 0.126. The summed E-state index contributed by atoms with van der Waals surface area (Å²) >= 11 is 0. The summed E-state index contributed by atoms with van der Waals surface area (Å²) in [4.78, 5) is 1.87. The van der Waals surface area contributed by atoms with Gasteiger partial charge < -0.3 is 16.4 Å². The van der Waals surface area contributed by atoms with Gasteiger partial charge in [0.25, 0.3) is 0 Å². The van der Waals surface area contributed by atoms with Gasteiger partial charge in [0.1, 0.15) is 0 Å². The Hall–Kier alpha value is -1.55. The highest BCUT2D eigenvalue weighted by atomic mass is 15.2. The van der Waals surface area contributed by atoms with Crippen LogP contribution in [0.2, 0.25) is 0 Å². The average molecular weight is 250 g/mol. The van der Waals surface area contributed by atoms with E-state index in [9.17, 15) is 0 Å². The molecule has 0 fully saturated rings. The number of benzene rings is 1. The lowest BCUT2D eigenvalue weighted by Crippen LogP contribution is -2.36. The quantitative estimate of drug-likeness (QED) is 0.411. The summed E-state index contributed by atoms with van der Waals surface area (Å²) in [6, 6.07) is 10.1. The molecule has 0 aliphatic carbocycles. The maximum atomic E-state index is 7.51. The number of hydrogen-bond acceptors (Lipinski definition) is 2. The summed E-state index contributed by atoms with van der Waals surface area (Å²) in [7, 11) is 0. The fourth-order valence-corrected chi connectivity index (χ4v) is 1.54. The van der Waals surface area contributed by atoms with E-state index in [0.717, 1.165) is 19.4 Å². The molecule has 1 rings (SSSR count). The molecule has 4 heteroatoms. The highest BCUT2D eigenvalue weighted by molar-refractivity contribution is 5.74. The number of guanidine groups is 1. The number of hydrogen-bond donors (Lipinski definition) is 3. The van der Waals surface area contributed by atoms with Gasteiger partial charge in [0.05, 0.1) is 0 Å². The molecule has 0 heterocycles. The van der Waals surface area contributed by atoms with E-state index in [1.54, 1.807) is 0 Å². The van der Waals surface area contributed by atoms with Crippen LogP contribution in [0.1, 0.15) is 32.3 Å². The molecule has 0 unspecified atom stereocenters. The molecule has 0 radical (unpaired) electrons. The molecule has 0 bridgehead atoms. The second-order valence-corrected chi connectivity index (χ2v) is 3.79. The Morgan fingerprint density at radius 2 is 1.78 bits per heavy atom. The Bertz CT molecular complexity index is 311. The first kappa shape index (κ1) is 16.4. The fourth-order valence-electron chi connectivity index (χ4n) is 1.54. The van der Waals surface area contributed by atoms with E-state index in [1.165, 1.54) is 5.56 Å². The zero-order chi connectivity index (χ0) is 13.8. The van der Waals surface area contributed by atoms with Gasteiger partial charge in [-0.05, 0) is 24.9 Å². The first-order valence-electron chi connectivity index (χ1n) is 6.57. The minimum Gasteiger partial charge on any atom is -0.370 e. The Kier molecular flexibility index (Phi) is 9.68. The van der Waals surface area contributed by atoms with Crippen molar-refractivity contribution in [3.05, 3.63) is 35.9 Å². The fraction of sp³-hybridized carbons (Fsp3) is 0.500. The smallest absolute Gasteiger partial charge is 0.188 e. The molecule has 18 heavy (non-hydrogen) atoms. The van der Waals surface area contributed by atoms with Gasteiger partial charge in [0.15, 0.2) is 5.96 Å². The van der Waals surface area contributed by atoms with Gasteiger partial charge in [-0.1, -0.05) is 44.2 Å². The molecule has 0 saturated heterocycles. The molecular weight excluding hydrogens is 224 g/mol. The SMILES string of the molecule is CC.N=C(N)N(CCCCN)Cc1ccccc1. The molecule has 4 nitrogen and oxygen atoms in total. The van der Waals surface area contributed by atoms with Gasteiger partial charge in [0, 0.05) is 13.1 Å². The van der Waals surface area contributed by atoms with Crippen LogP contribution in [0, 0.1) is 5.41 Å². The second kappa shape index (κ2) is 10.6. The monoisotopic (exact) mass is 250 g/mol. The van der Waals surface area contributed by atoms with Crippen molar-refractivity contribution in [1.82, 2.24) is 4.90 Å². The van der Waals surface area contributed by atoms with Crippen LogP contribution in [0.25, 0.3) is 0 Å². The topological polar surface area (TPSA) is 79.1 Å². The Balaban J connectivity index is 0.00000137. The van der Waals surface area contributed by atoms with E-state index in [0.29, 0.717) is 13.1 Å². The third-order valence-electron chi connectivity index (χ3n) is 2.44. The molecule has 102 valence electrons. The Labute approximate surface area is 110 Å². The molecule has 0 amide bonds. The normalized spacial score (nSPS) is 9.28. The predicted molar refractivity (Wildman–Crippen MR) is 78.4 cm³/mol. The number of nitrogens with two attached hydrogens (primary N) is 2. The maximum absolute atomic E-state index is 7.51. The first-order chi connectivity index (χ1) is 8.74. The summed E-state index contributed by atoms with van der Waals surface area (Å²) < 4.78 is 0. The van der Waals surface area contributed by atoms with Gasteiger partial charge in [-0.3, -0.25) is 5.41 Å². The third-order valence-corrected chi connectivity index (χ3v) is 2.44. The van der Waals surface area contributed by atoms with Crippen molar-refractivity contribution in [2.45, 2.75) is 33.2 Å². The highest BCUT2D eigenvalue weighted by Crippen LogP contribution is 2.05. The van der Waals surface area contributed by atoms with Gasteiger partial charge >= 0.3 is 0 Å². The van der Waals surface area contributed by atoms with Gasteiger partial charge in [0.2, 0.25) is 0 Å². The molecule has 0 spiro atoms. The maximum Gasteiger partial charge on any atom is 0.188 e. The lowest BCUT2D eigenvalue weighted by atomic mass is 10.2. The van der Waals surface area contributed by atoms with Gasteiger partial charge in [-0.15, -0.1) is 0 Å². The number of unbranched alkanes of at least 4 members (excludes halogenated alkanes) is 1. The molecule has 1 aromatic rings. The number of nitrogens with one attached hydrogen (secondary N) is 1. The van der Waals surface area contributed by atoms with Crippen LogP contribution in [0.4, 0.5) is 0 Å². The summed E-state index contributed by atoms with van der Waals surface area (Å²) in [6.45, 7) is 6.18.